The van der Waals surface area contributed by atoms with E-state index in [1.165, 1.54) is 27.5 Å². The molecule has 0 spiro atoms. The highest BCUT2D eigenvalue weighted by atomic mass is 32.2. The number of fused-ring (bicyclic) bond motifs is 1. The van der Waals surface area contributed by atoms with Crippen LogP contribution in [-0.4, -0.2) is 23.9 Å². The summed E-state index contributed by atoms with van der Waals surface area (Å²) in [6.07, 6.45) is 12.6. The van der Waals surface area contributed by atoms with E-state index in [2.05, 4.69) is 145 Å². The maximum absolute atomic E-state index is 9.02. The summed E-state index contributed by atoms with van der Waals surface area (Å²) >= 11 is 1.64. The van der Waals surface area contributed by atoms with Gasteiger partial charge < -0.3 is 10.1 Å². The van der Waals surface area contributed by atoms with Gasteiger partial charge in [0.1, 0.15) is 5.84 Å². The Labute approximate surface area is 349 Å². The first kappa shape index (κ1) is 37.6. The third-order valence-electron chi connectivity index (χ3n) is 10.9. The van der Waals surface area contributed by atoms with Crippen LogP contribution in [0.4, 0.5) is 0 Å². The van der Waals surface area contributed by atoms with Crippen LogP contribution < -0.4 is 5.32 Å². The van der Waals surface area contributed by atoms with Gasteiger partial charge in [0.15, 0.2) is 0 Å². The Morgan fingerprint density at radius 1 is 0.644 bits per heavy atom. The number of ether oxygens (including phenoxy) is 1. The second kappa shape index (κ2) is 16.8. The average Bonchev–Trinajstić information content (AvgIpc) is 3.31. The normalized spacial score (nSPS) is 14.8. The Balaban J connectivity index is 1.04. The van der Waals surface area contributed by atoms with Crippen LogP contribution in [0.5, 0.6) is 0 Å². The minimum absolute atomic E-state index is 0.0703. The first-order valence-electron chi connectivity index (χ1n) is 19.8. The number of aliphatic imine (C=N–C) groups is 1. The van der Waals surface area contributed by atoms with Gasteiger partial charge in [-0.15, -0.1) is 11.8 Å². The smallest absolute Gasteiger partial charge is 0.221 e. The molecule has 5 nitrogen and oxygen atoms in total. The highest BCUT2D eigenvalue weighted by molar-refractivity contribution is 7.98. The minimum Gasteiger partial charge on any atom is -0.421 e. The molecule has 0 saturated carbocycles. The number of thioether (sulfide) groups is 1. The second-order valence-corrected chi connectivity index (χ2v) is 15.5. The van der Waals surface area contributed by atoms with Crippen molar-refractivity contribution in [3.05, 3.63) is 216 Å². The molecule has 286 valence electrons. The predicted octanol–water partition coefficient (Wildman–Crippen LogP) is 13.3. The number of nitrogens with one attached hydrogen (secondary N) is 3. The van der Waals surface area contributed by atoms with Crippen molar-refractivity contribution in [2.24, 2.45) is 4.99 Å². The molecule has 6 heteroatoms. The van der Waals surface area contributed by atoms with Crippen molar-refractivity contribution in [1.82, 2.24) is 5.32 Å². The Hall–Kier alpha value is -7.02. The van der Waals surface area contributed by atoms with Crippen LogP contribution in [0, 0.1) is 10.8 Å². The number of amidine groups is 1. The SMILES string of the molecule is CSc1ccc(C(=N)OC(=N)c2ccccc2C2=CC(c3cccc(-c4cccc(-c5cccc(-c6cccc7ccccc67)c5)c4)c3)N=C(C3=CCCC=C3)N2)cc1. The van der Waals surface area contributed by atoms with Gasteiger partial charge in [-0.25, -0.2) is 0 Å². The molecule has 1 aliphatic heterocycles. The van der Waals surface area contributed by atoms with Crippen molar-refractivity contribution in [2.45, 2.75) is 23.8 Å². The molecule has 0 amide bonds. The van der Waals surface area contributed by atoms with Crippen molar-refractivity contribution in [1.29, 1.82) is 10.8 Å². The molecule has 1 heterocycles. The number of allylic oxidation sites excluding steroid dienone is 2. The van der Waals surface area contributed by atoms with Gasteiger partial charge in [-0.3, -0.25) is 15.8 Å². The standard InChI is InChI=1S/C53H42N4OS/c1-59-44-29-27-36(28-30-44)51(54)58-52(55)48-25-8-7-24-47(48)50-34-49(56-53(57-50)37-14-3-2-4-15-37)43-22-11-20-41(33-43)39-18-9-17-38(31-39)40-19-10-21-42(32-40)46-26-12-16-35-13-5-6-23-45(35)46/h3,5-34,49,54-55H,2,4H2,1H3,(H,56,57). The summed E-state index contributed by atoms with van der Waals surface area (Å²) in [5.41, 5.74) is 11.9. The fraction of sp³-hybridized carbons (Fsp3) is 0.0755. The maximum atomic E-state index is 9.02. The summed E-state index contributed by atoms with van der Waals surface area (Å²) < 4.78 is 5.89. The van der Waals surface area contributed by atoms with Gasteiger partial charge in [0.05, 0.1) is 6.04 Å². The van der Waals surface area contributed by atoms with Crippen molar-refractivity contribution in [3.8, 4) is 33.4 Å². The summed E-state index contributed by atoms with van der Waals surface area (Å²) in [7, 11) is 0. The highest BCUT2D eigenvalue weighted by Crippen LogP contribution is 2.36. The Morgan fingerprint density at radius 2 is 1.29 bits per heavy atom. The molecular formula is C53H42N4OS. The molecule has 1 unspecified atom stereocenters. The van der Waals surface area contributed by atoms with Gasteiger partial charge in [0.2, 0.25) is 11.8 Å². The van der Waals surface area contributed by atoms with Crippen molar-refractivity contribution in [2.75, 3.05) is 6.26 Å². The van der Waals surface area contributed by atoms with Gasteiger partial charge in [-0.05, 0) is 123 Å². The van der Waals surface area contributed by atoms with Crippen LogP contribution in [0.25, 0.3) is 49.9 Å². The van der Waals surface area contributed by atoms with E-state index in [0.29, 0.717) is 11.1 Å². The lowest BCUT2D eigenvalue weighted by atomic mass is 9.93. The van der Waals surface area contributed by atoms with Gasteiger partial charge in [-0.2, -0.15) is 0 Å². The molecule has 59 heavy (non-hydrogen) atoms. The summed E-state index contributed by atoms with van der Waals surface area (Å²) in [4.78, 5) is 6.38. The number of rotatable bonds is 9. The molecule has 0 bridgehead atoms. The zero-order valence-corrected chi connectivity index (χ0v) is 33.5. The van der Waals surface area contributed by atoms with Crippen LogP contribution in [-0.2, 0) is 4.74 Å². The first-order valence-corrected chi connectivity index (χ1v) is 21.0. The molecule has 1 aliphatic carbocycles. The molecule has 0 fully saturated rings. The summed E-state index contributed by atoms with van der Waals surface area (Å²) in [6.45, 7) is 0. The zero-order chi connectivity index (χ0) is 40.1. The molecule has 9 rings (SSSR count). The van der Waals surface area contributed by atoms with E-state index in [4.69, 9.17) is 20.5 Å². The van der Waals surface area contributed by atoms with Gasteiger partial charge >= 0.3 is 0 Å². The number of nitrogens with zero attached hydrogens (tertiary/aromatic N) is 1. The van der Waals surface area contributed by atoms with E-state index in [1.54, 1.807) is 11.8 Å². The summed E-state index contributed by atoms with van der Waals surface area (Å²) in [6, 6.07) is 56.3. The third kappa shape index (κ3) is 8.09. The van der Waals surface area contributed by atoms with Crippen molar-refractivity contribution in [3.63, 3.8) is 0 Å². The van der Waals surface area contributed by atoms with E-state index >= 15 is 0 Å². The van der Waals surface area contributed by atoms with E-state index in [-0.39, 0.29) is 17.8 Å². The topological polar surface area (TPSA) is 81.3 Å². The molecule has 7 aromatic rings. The third-order valence-corrected chi connectivity index (χ3v) is 11.6. The molecule has 2 aliphatic rings. The Morgan fingerprint density at radius 3 is 2.05 bits per heavy atom. The van der Waals surface area contributed by atoms with Crippen molar-refractivity contribution >= 4 is 45.9 Å². The van der Waals surface area contributed by atoms with Gasteiger partial charge in [0, 0.05) is 32.9 Å². The minimum atomic E-state index is -0.297. The van der Waals surface area contributed by atoms with Crippen LogP contribution in [0.1, 0.15) is 41.1 Å². The molecule has 3 N–H and O–H groups in total. The van der Waals surface area contributed by atoms with Crippen molar-refractivity contribution < 1.29 is 4.74 Å². The maximum Gasteiger partial charge on any atom is 0.221 e. The monoisotopic (exact) mass is 782 g/mol. The summed E-state index contributed by atoms with van der Waals surface area (Å²) in [5, 5.41) is 23.8. The number of benzene rings is 7. The molecule has 7 aromatic carbocycles. The Bertz CT molecular complexity index is 2860. The van der Waals surface area contributed by atoms with E-state index in [0.717, 1.165) is 62.7 Å². The zero-order valence-electron chi connectivity index (χ0n) is 32.7. The van der Waals surface area contributed by atoms with Gasteiger partial charge in [0.25, 0.3) is 0 Å². The summed E-state index contributed by atoms with van der Waals surface area (Å²) in [5.74, 6) is 0.619. The lowest BCUT2D eigenvalue weighted by Crippen LogP contribution is -2.29. The number of hydrogen-bond donors (Lipinski definition) is 3. The first-order chi connectivity index (χ1) is 29.0. The highest BCUT2D eigenvalue weighted by Gasteiger charge is 2.24. The molecule has 0 saturated heterocycles. The molecule has 0 radical (unpaired) electrons. The average molecular weight is 783 g/mol. The van der Waals surface area contributed by atoms with Crippen LogP contribution in [0.3, 0.4) is 0 Å². The molecule has 1 atom stereocenters. The fourth-order valence-electron chi connectivity index (χ4n) is 7.80. The van der Waals surface area contributed by atoms with Crippen LogP contribution in [0.15, 0.2) is 204 Å². The molecular weight excluding hydrogens is 741 g/mol. The fourth-order valence-corrected chi connectivity index (χ4v) is 8.21. The Kier molecular flexibility index (Phi) is 10.7. The largest absolute Gasteiger partial charge is 0.421 e. The molecule has 0 aromatic heterocycles. The quantitative estimate of drug-likeness (QED) is 0.0775. The van der Waals surface area contributed by atoms with E-state index in [9.17, 15) is 0 Å². The van der Waals surface area contributed by atoms with E-state index in [1.807, 2.05) is 54.8 Å². The van der Waals surface area contributed by atoms with Crippen LogP contribution in [0.2, 0.25) is 0 Å². The predicted molar refractivity (Wildman–Crippen MR) is 247 cm³/mol. The number of hydrogen-bond acceptors (Lipinski definition) is 6. The van der Waals surface area contributed by atoms with Gasteiger partial charge in [-0.1, -0.05) is 133 Å². The second-order valence-electron chi connectivity index (χ2n) is 14.6. The van der Waals surface area contributed by atoms with E-state index < -0.39 is 0 Å². The lowest BCUT2D eigenvalue weighted by Gasteiger charge is -2.25. The lowest BCUT2D eigenvalue weighted by molar-refractivity contribution is 0.538. The van der Waals surface area contributed by atoms with Crippen LogP contribution >= 0.6 is 11.8 Å².